The predicted molar refractivity (Wildman–Crippen MR) is 74.8 cm³/mol. The number of rotatable bonds is 2. The molecule has 0 unspecified atom stereocenters. The SMILES string of the molecule is O=C(Nc1ccccc1)C1=CC(=O)N2CCN=C2S1. The highest BCUT2D eigenvalue weighted by Crippen LogP contribution is 2.28. The molecule has 0 atom stereocenters. The number of amidine groups is 1. The summed E-state index contributed by atoms with van der Waals surface area (Å²) in [5.74, 6) is -0.452. The first kappa shape index (κ1) is 12.0. The number of nitrogens with one attached hydrogen (secondary N) is 1. The smallest absolute Gasteiger partial charge is 0.262 e. The van der Waals surface area contributed by atoms with Gasteiger partial charge >= 0.3 is 0 Å². The number of fused-ring (bicyclic) bond motifs is 1. The number of anilines is 1. The van der Waals surface area contributed by atoms with Gasteiger partial charge in [-0.25, -0.2) is 0 Å². The van der Waals surface area contributed by atoms with Crippen molar-refractivity contribution >= 4 is 34.4 Å². The number of hydrogen-bond donors (Lipinski definition) is 1. The first-order chi connectivity index (χ1) is 9.24. The second kappa shape index (κ2) is 4.89. The molecule has 19 heavy (non-hydrogen) atoms. The van der Waals surface area contributed by atoms with Gasteiger partial charge in [0.1, 0.15) is 0 Å². The Balaban J connectivity index is 1.77. The standard InChI is InChI=1S/C13H11N3O2S/c17-11-8-10(19-13-14-6-7-16(11)13)12(18)15-9-4-2-1-3-5-9/h1-5,8H,6-7H2,(H,15,18). The van der Waals surface area contributed by atoms with Crippen LogP contribution in [-0.2, 0) is 9.59 Å². The third-order valence-corrected chi connectivity index (χ3v) is 3.83. The van der Waals surface area contributed by atoms with Crippen LogP contribution in [0.15, 0.2) is 46.3 Å². The van der Waals surface area contributed by atoms with Gasteiger partial charge in [-0.15, -0.1) is 0 Å². The number of benzene rings is 1. The fraction of sp³-hybridized carbons (Fsp3) is 0.154. The quantitative estimate of drug-likeness (QED) is 0.887. The van der Waals surface area contributed by atoms with E-state index in [9.17, 15) is 9.59 Å². The Hall–Kier alpha value is -2.08. The molecule has 1 aromatic rings. The number of aliphatic imine (C=N–C) groups is 1. The number of nitrogens with zero attached hydrogens (tertiary/aromatic N) is 2. The summed E-state index contributed by atoms with van der Waals surface area (Å²) in [7, 11) is 0. The van der Waals surface area contributed by atoms with Crippen molar-refractivity contribution in [3.8, 4) is 0 Å². The zero-order valence-corrected chi connectivity index (χ0v) is 10.8. The Morgan fingerprint density at radius 1 is 1.32 bits per heavy atom. The van der Waals surface area contributed by atoms with Crippen molar-refractivity contribution in [3.63, 3.8) is 0 Å². The van der Waals surface area contributed by atoms with Gasteiger partial charge in [0.2, 0.25) is 0 Å². The second-order valence-corrected chi connectivity index (χ2v) is 5.09. The van der Waals surface area contributed by atoms with Gasteiger partial charge in [-0.2, -0.15) is 0 Å². The lowest BCUT2D eigenvalue weighted by molar-refractivity contribution is -0.122. The van der Waals surface area contributed by atoms with E-state index in [0.717, 1.165) is 0 Å². The predicted octanol–water partition coefficient (Wildman–Crippen LogP) is 1.45. The van der Waals surface area contributed by atoms with Crippen LogP contribution >= 0.6 is 11.8 Å². The number of hydrogen-bond acceptors (Lipinski definition) is 4. The number of amides is 2. The van der Waals surface area contributed by atoms with Crippen molar-refractivity contribution in [2.45, 2.75) is 0 Å². The minimum absolute atomic E-state index is 0.173. The monoisotopic (exact) mass is 273 g/mol. The minimum Gasteiger partial charge on any atom is -0.322 e. The molecule has 0 fully saturated rings. The number of para-hydroxylation sites is 1. The lowest BCUT2D eigenvalue weighted by Gasteiger charge is -2.21. The van der Waals surface area contributed by atoms with Gasteiger partial charge in [0.25, 0.3) is 11.8 Å². The maximum atomic E-state index is 12.1. The van der Waals surface area contributed by atoms with Crippen molar-refractivity contribution in [1.82, 2.24) is 4.90 Å². The molecule has 3 rings (SSSR count). The maximum Gasteiger partial charge on any atom is 0.262 e. The molecule has 0 spiro atoms. The van der Waals surface area contributed by atoms with Crippen molar-refractivity contribution in [3.05, 3.63) is 41.3 Å². The molecule has 0 aromatic heterocycles. The summed E-state index contributed by atoms with van der Waals surface area (Å²) in [5.41, 5.74) is 0.706. The fourth-order valence-corrected chi connectivity index (χ4v) is 2.81. The van der Waals surface area contributed by atoms with Crippen LogP contribution in [0, 0.1) is 0 Å². The molecule has 0 aliphatic carbocycles. The zero-order valence-electron chi connectivity index (χ0n) is 10.00. The summed E-state index contributed by atoms with van der Waals surface area (Å²) in [4.78, 5) is 30.1. The van der Waals surface area contributed by atoms with Crippen LogP contribution < -0.4 is 5.32 Å². The molecular weight excluding hydrogens is 262 g/mol. The first-order valence-corrected chi connectivity index (χ1v) is 6.67. The molecule has 2 aliphatic rings. The average Bonchev–Trinajstić information content (AvgIpc) is 2.88. The number of thioether (sulfide) groups is 1. The van der Waals surface area contributed by atoms with Crippen molar-refractivity contribution in [2.75, 3.05) is 18.4 Å². The normalized spacial score (nSPS) is 17.7. The Morgan fingerprint density at radius 2 is 2.11 bits per heavy atom. The lowest BCUT2D eigenvalue weighted by atomic mass is 10.3. The molecule has 6 heteroatoms. The lowest BCUT2D eigenvalue weighted by Crippen LogP contribution is -2.35. The van der Waals surface area contributed by atoms with Crippen molar-refractivity contribution in [1.29, 1.82) is 0 Å². The Labute approximate surface area is 114 Å². The summed E-state index contributed by atoms with van der Waals surface area (Å²) in [5, 5.41) is 3.37. The van der Waals surface area contributed by atoms with E-state index in [-0.39, 0.29) is 11.8 Å². The van der Waals surface area contributed by atoms with E-state index in [1.54, 1.807) is 17.0 Å². The molecule has 5 nitrogen and oxygen atoms in total. The summed E-state index contributed by atoms with van der Waals surface area (Å²) in [6.07, 6.45) is 1.37. The van der Waals surface area contributed by atoms with Crippen LogP contribution in [0.1, 0.15) is 0 Å². The molecule has 0 radical (unpaired) electrons. The minimum atomic E-state index is -0.279. The summed E-state index contributed by atoms with van der Waals surface area (Å²) < 4.78 is 0. The van der Waals surface area contributed by atoms with E-state index in [0.29, 0.717) is 28.8 Å². The van der Waals surface area contributed by atoms with Gasteiger partial charge in [0, 0.05) is 18.3 Å². The molecule has 1 N–H and O–H groups in total. The van der Waals surface area contributed by atoms with Crippen molar-refractivity contribution < 1.29 is 9.59 Å². The van der Waals surface area contributed by atoms with Crippen LogP contribution in [-0.4, -0.2) is 35.0 Å². The molecule has 96 valence electrons. The largest absolute Gasteiger partial charge is 0.322 e. The highest BCUT2D eigenvalue weighted by Gasteiger charge is 2.31. The van der Waals surface area contributed by atoms with E-state index in [2.05, 4.69) is 10.3 Å². The Bertz CT molecular complexity index is 595. The molecule has 2 aliphatic heterocycles. The molecule has 2 heterocycles. The van der Waals surface area contributed by atoms with E-state index in [1.165, 1.54) is 17.8 Å². The third kappa shape index (κ3) is 2.39. The van der Waals surface area contributed by atoms with E-state index in [4.69, 9.17) is 0 Å². The van der Waals surface area contributed by atoms with E-state index < -0.39 is 0 Å². The van der Waals surface area contributed by atoms with Crippen LogP contribution in [0.2, 0.25) is 0 Å². The number of carbonyl (C=O) groups is 2. The Morgan fingerprint density at radius 3 is 2.89 bits per heavy atom. The average molecular weight is 273 g/mol. The molecule has 1 aromatic carbocycles. The van der Waals surface area contributed by atoms with Gasteiger partial charge < -0.3 is 5.32 Å². The van der Waals surface area contributed by atoms with Crippen LogP contribution in [0.3, 0.4) is 0 Å². The van der Waals surface area contributed by atoms with Crippen molar-refractivity contribution in [2.24, 2.45) is 4.99 Å². The number of carbonyl (C=O) groups excluding carboxylic acids is 2. The van der Waals surface area contributed by atoms with Gasteiger partial charge in [-0.05, 0) is 23.9 Å². The van der Waals surface area contributed by atoms with Crippen LogP contribution in [0.5, 0.6) is 0 Å². The summed E-state index contributed by atoms with van der Waals surface area (Å²) in [6, 6.07) is 9.15. The Kier molecular flexibility index (Phi) is 3.08. The second-order valence-electron chi connectivity index (χ2n) is 4.08. The van der Waals surface area contributed by atoms with Crippen LogP contribution in [0.4, 0.5) is 5.69 Å². The highest BCUT2D eigenvalue weighted by atomic mass is 32.2. The topological polar surface area (TPSA) is 61.8 Å². The van der Waals surface area contributed by atoms with E-state index >= 15 is 0 Å². The maximum absolute atomic E-state index is 12.1. The molecule has 0 saturated heterocycles. The third-order valence-electron chi connectivity index (χ3n) is 2.78. The fourth-order valence-electron chi connectivity index (χ4n) is 1.86. The molecule has 0 saturated carbocycles. The molecular formula is C13H11N3O2S. The molecule has 0 bridgehead atoms. The molecule has 2 amide bonds. The van der Waals surface area contributed by atoms with Gasteiger partial charge in [-0.3, -0.25) is 19.5 Å². The zero-order chi connectivity index (χ0) is 13.2. The summed E-state index contributed by atoms with van der Waals surface area (Å²) in [6.45, 7) is 1.21. The van der Waals surface area contributed by atoms with Gasteiger partial charge in [0.05, 0.1) is 11.4 Å². The van der Waals surface area contributed by atoms with E-state index in [1.807, 2.05) is 18.2 Å². The van der Waals surface area contributed by atoms with Gasteiger partial charge in [0.15, 0.2) is 5.17 Å². The van der Waals surface area contributed by atoms with Gasteiger partial charge in [-0.1, -0.05) is 18.2 Å². The summed E-state index contributed by atoms with van der Waals surface area (Å²) >= 11 is 1.24. The van der Waals surface area contributed by atoms with Crippen LogP contribution in [0.25, 0.3) is 0 Å². The first-order valence-electron chi connectivity index (χ1n) is 5.86. The highest BCUT2D eigenvalue weighted by molar-refractivity contribution is 8.18.